The van der Waals surface area contributed by atoms with Crippen LogP contribution < -0.4 is 10.6 Å². The molecule has 0 aliphatic carbocycles. The summed E-state index contributed by atoms with van der Waals surface area (Å²) in [5, 5.41) is 5.33. The van der Waals surface area contributed by atoms with Gasteiger partial charge in [-0.3, -0.25) is 9.69 Å². The Labute approximate surface area is 140 Å². The molecule has 0 saturated carbocycles. The summed E-state index contributed by atoms with van der Waals surface area (Å²) in [6, 6.07) is 5.73. The molecular formula is C16H23FN4O3. The Morgan fingerprint density at radius 1 is 1.21 bits per heavy atom. The number of amides is 3. The van der Waals surface area contributed by atoms with Crippen molar-refractivity contribution in [3.8, 4) is 0 Å². The Morgan fingerprint density at radius 3 is 2.58 bits per heavy atom. The quantitative estimate of drug-likeness (QED) is 0.751. The van der Waals surface area contributed by atoms with Crippen LogP contribution in [0.25, 0.3) is 0 Å². The molecule has 0 unspecified atom stereocenters. The zero-order valence-corrected chi connectivity index (χ0v) is 13.8. The molecular weight excluding hydrogens is 315 g/mol. The number of ether oxygens (including phenoxy) is 1. The zero-order chi connectivity index (χ0) is 17.4. The molecule has 1 aliphatic rings. The first-order chi connectivity index (χ1) is 11.6. The van der Waals surface area contributed by atoms with Crippen molar-refractivity contribution in [2.45, 2.75) is 0 Å². The van der Waals surface area contributed by atoms with E-state index in [0.717, 1.165) is 0 Å². The van der Waals surface area contributed by atoms with Crippen LogP contribution in [0.2, 0.25) is 0 Å². The number of urea groups is 1. The summed E-state index contributed by atoms with van der Waals surface area (Å²) < 4.78 is 18.4. The van der Waals surface area contributed by atoms with Crippen LogP contribution in [0.3, 0.4) is 0 Å². The fourth-order valence-electron chi connectivity index (χ4n) is 2.42. The maximum Gasteiger partial charge on any atom is 0.322 e. The van der Waals surface area contributed by atoms with Crippen molar-refractivity contribution < 1.29 is 18.7 Å². The molecule has 0 bridgehead atoms. The lowest BCUT2D eigenvalue weighted by Gasteiger charge is -2.34. The summed E-state index contributed by atoms with van der Waals surface area (Å²) in [6.45, 7) is 3.45. The van der Waals surface area contributed by atoms with Crippen LogP contribution in [-0.2, 0) is 9.53 Å². The Hall–Kier alpha value is -2.19. The molecule has 1 saturated heterocycles. The number of rotatable bonds is 6. The highest BCUT2D eigenvalue weighted by molar-refractivity contribution is 5.89. The Morgan fingerprint density at radius 2 is 1.92 bits per heavy atom. The fourth-order valence-corrected chi connectivity index (χ4v) is 2.42. The van der Waals surface area contributed by atoms with Crippen LogP contribution in [0.4, 0.5) is 14.9 Å². The van der Waals surface area contributed by atoms with Gasteiger partial charge < -0.3 is 20.3 Å². The minimum Gasteiger partial charge on any atom is -0.383 e. The predicted molar refractivity (Wildman–Crippen MR) is 88.3 cm³/mol. The topological polar surface area (TPSA) is 73.9 Å². The molecule has 8 heteroatoms. The SMILES string of the molecule is COCCNC(=O)CN1CCN(C(=O)Nc2ccccc2F)CC1. The Balaban J connectivity index is 1.73. The zero-order valence-electron chi connectivity index (χ0n) is 13.8. The maximum atomic E-state index is 13.6. The highest BCUT2D eigenvalue weighted by Crippen LogP contribution is 2.13. The minimum atomic E-state index is -0.461. The van der Waals surface area contributed by atoms with Gasteiger partial charge >= 0.3 is 6.03 Å². The highest BCUT2D eigenvalue weighted by Gasteiger charge is 2.22. The van der Waals surface area contributed by atoms with Gasteiger partial charge in [-0.25, -0.2) is 9.18 Å². The monoisotopic (exact) mass is 338 g/mol. The van der Waals surface area contributed by atoms with Gasteiger partial charge in [0.25, 0.3) is 0 Å². The molecule has 0 spiro atoms. The van der Waals surface area contributed by atoms with Crippen molar-refractivity contribution in [1.82, 2.24) is 15.1 Å². The third-order valence-corrected chi connectivity index (χ3v) is 3.77. The molecule has 2 rings (SSSR count). The summed E-state index contributed by atoms with van der Waals surface area (Å²) >= 11 is 0. The third-order valence-electron chi connectivity index (χ3n) is 3.77. The van der Waals surface area contributed by atoms with Crippen molar-refractivity contribution in [1.29, 1.82) is 0 Å². The third kappa shape index (κ3) is 5.47. The van der Waals surface area contributed by atoms with E-state index in [1.807, 2.05) is 4.90 Å². The molecule has 0 atom stereocenters. The summed E-state index contributed by atoms with van der Waals surface area (Å²) in [5.41, 5.74) is 0.169. The van der Waals surface area contributed by atoms with Gasteiger partial charge in [-0.2, -0.15) is 0 Å². The summed E-state index contributed by atoms with van der Waals surface area (Å²) in [6.07, 6.45) is 0. The second-order valence-corrected chi connectivity index (χ2v) is 5.52. The molecule has 1 aromatic carbocycles. The number of halogens is 1. The average molecular weight is 338 g/mol. The molecule has 7 nitrogen and oxygen atoms in total. The van der Waals surface area contributed by atoms with E-state index in [1.54, 1.807) is 24.1 Å². The lowest BCUT2D eigenvalue weighted by atomic mass is 10.3. The molecule has 1 heterocycles. The van der Waals surface area contributed by atoms with Crippen molar-refractivity contribution >= 4 is 17.6 Å². The van der Waals surface area contributed by atoms with E-state index in [2.05, 4.69) is 10.6 Å². The molecule has 0 radical (unpaired) electrons. The lowest BCUT2D eigenvalue weighted by Crippen LogP contribution is -2.52. The normalized spacial score (nSPS) is 15.2. The van der Waals surface area contributed by atoms with E-state index in [1.165, 1.54) is 12.1 Å². The molecule has 132 valence electrons. The first-order valence-corrected chi connectivity index (χ1v) is 7.88. The molecule has 24 heavy (non-hydrogen) atoms. The van der Waals surface area contributed by atoms with Gasteiger partial charge in [0.1, 0.15) is 5.82 Å². The standard InChI is InChI=1S/C16H23FN4O3/c1-24-11-6-18-15(22)12-20-7-9-21(10-8-20)16(23)19-14-5-3-2-4-13(14)17/h2-5H,6-12H2,1H3,(H,18,22)(H,19,23). The average Bonchev–Trinajstić information content (AvgIpc) is 2.58. The predicted octanol–water partition coefficient (Wildman–Crippen LogP) is 0.738. The van der Waals surface area contributed by atoms with Gasteiger partial charge in [-0.1, -0.05) is 12.1 Å². The number of anilines is 1. The number of carbonyl (C=O) groups excluding carboxylic acids is 2. The van der Waals surface area contributed by atoms with Crippen LogP contribution in [0.5, 0.6) is 0 Å². The Kier molecular flexibility index (Phi) is 6.95. The lowest BCUT2D eigenvalue weighted by molar-refractivity contribution is -0.122. The van der Waals surface area contributed by atoms with Crippen molar-refractivity contribution in [3.63, 3.8) is 0 Å². The smallest absolute Gasteiger partial charge is 0.322 e. The van der Waals surface area contributed by atoms with Gasteiger partial charge in [-0.05, 0) is 12.1 Å². The number of methoxy groups -OCH3 is 1. The second kappa shape index (κ2) is 9.19. The van der Waals surface area contributed by atoms with Crippen LogP contribution in [-0.4, -0.2) is 74.7 Å². The number of hydrogen-bond donors (Lipinski definition) is 2. The first-order valence-electron chi connectivity index (χ1n) is 7.88. The van der Waals surface area contributed by atoms with Gasteiger partial charge in [0.2, 0.25) is 5.91 Å². The van der Waals surface area contributed by atoms with E-state index in [0.29, 0.717) is 45.9 Å². The molecule has 0 aromatic heterocycles. The number of hydrogen-bond acceptors (Lipinski definition) is 4. The number of nitrogens with one attached hydrogen (secondary N) is 2. The second-order valence-electron chi connectivity index (χ2n) is 5.52. The number of benzene rings is 1. The van der Waals surface area contributed by atoms with Gasteiger partial charge in [0, 0.05) is 39.8 Å². The van der Waals surface area contributed by atoms with Crippen molar-refractivity contribution in [3.05, 3.63) is 30.1 Å². The number of para-hydroxylation sites is 1. The molecule has 2 N–H and O–H groups in total. The van der Waals surface area contributed by atoms with Crippen LogP contribution in [0.15, 0.2) is 24.3 Å². The van der Waals surface area contributed by atoms with E-state index >= 15 is 0 Å². The fraction of sp³-hybridized carbons (Fsp3) is 0.500. The van der Waals surface area contributed by atoms with Crippen molar-refractivity contribution in [2.24, 2.45) is 0 Å². The molecule has 1 fully saturated rings. The summed E-state index contributed by atoms with van der Waals surface area (Å²) in [7, 11) is 1.58. The first kappa shape index (κ1) is 18.2. The van der Waals surface area contributed by atoms with Crippen LogP contribution in [0.1, 0.15) is 0 Å². The number of carbonyl (C=O) groups is 2. The number of piperazine rings is 1. The van der Waals surface area contributed by atoms with Gasteiger partial charge in [0.15, 0.2) is 0 Å². The van der Waals surface area contributed by atoms with Crippen LogP contribution in [0, 0.1) is 5.82 Å². The summed E-state index contributed by atoms with van der Waals surface area (Å²) in [5.74, 6) is -0.520. The Bertz CT molecular complexity index is 562. The minimum absolute atomic E-state index is 0.0590. The summed E-state index contributed by atoms with van der Waals surface area (Å²) in [4.78, 5) is 27.5. The highest BCUT2D eigenvalue weighted by atomic mass is 19.1. The van der Waals surface area contributed by atoms with E-state index in [-0.39, 0.29) is 17.6 Å². The van der Waals surface area contributed by atoms with Crippen LogP contribution >= 0.6 is 0 Å². The van der Waals surface area contributed by atoms with Gasteiger partial charge in [0.05, 0.1) is 18.8 Å². The van der Waals surface area contributed by atoms with E-state index in [9.17, 15) is 14.0 Å². The molecule has 1 aliphatic heterocycles. The number of nitrogens with zero attached hydrogens (tertiary/aromatic N) is 2. The van der Waals surface area contributed by atoms with E-state index < -0.39 is 5.82 Å². The van der Waals surface area contributed by atoms with E-state index in [4.69, 9.17) is 4.74 Å². The van der Waals surface area contributed by atoms with Gasteiger partial charge in [-0.15, -0.1) is 0 Å². The molecule has 1 aromatic rings. The maximum absolute atomic E-state index is 13.6. The largest absolute Gasteiger partial charge is 0.383 e. The molecule has 3 amide bonds. The van der Waals surface area contributed by atoms with Crippen molar-refractivity contribution in [2.75, 3.05) is 58.3 Å².